The number of aromatic nitrogens is 5. The lowest BCUT2D eigenvalue weighted by Crippen LogP contribution is -2.36. The van der Waals surface area contributed by atoms with Gasteiger partial charge in [-0.05, 0) is 6.07 Å². The molecule has 2 aromatic rings. The summed E-state index contributed by atoms with van der Waals surface area (Å²) in [6.45, 7) is -0.925. The van der Waals surface area contributed by atoms with Gasteiger partial charge in [0.1, 0.15) is 48.8 Å². The first-order valence-corrected chi connectivity index (χ1v) is 9.89. The molecule has 0 spiro atoms. The van der Waals surface area contributed by atoms with Crippen LogP contribution in [0.3, 0.4) is 0 Å². The molecule has 10 N–H and O–H groups in total. The van der Waals surface area contributed by atoms with Crippen LogP contribution in [0.2, 0.25) is 0 Å². The Bertz CT molecular complexity index is 1010. The Morgan fingerprint density at radius 1 is 0.824 bits per heavy atom. The number of nitrogens with zero attached hydrogens (tertiary/aromatic N) is 5. The van der Waals surface area contributed by atoms with E-state index in [4.69, 9.17) is 31.2 Å². The summed E-state index contributed by atoms with van der Waals surface area (Å²) >= 11 is 0. The quantitative estimate of drug-likeness (QED) is 0.199. The van der Waals surface area contributed by atoms with Crippen LogP contribution >= 0.6 is 0 Å². The second-order valence-corrected chi connectivity index (χ2v) is 7.40. The summed E-state index contributed by atoms with van der Waals surface area (Å²) < 4.78 is 12.2. The van der Waals surface area contributed by atoms with Gasteiger partial charge in [-0.25, -0.2) is 14.6 Å². The Labute approximate surface area is 190 Å². The van der Waals surface area contributed by atoms with Crippen LogP contribution in [-0.4, -0.2) is 105 Å². The van der Waals surface area contributed by atoms with E-state index in [1.165, 1.54) is 12.3 Å². The smallest absolute Gasteiger partial charge is 0.354 e. The van der Waals surface area contributed by atoms with Crippen molar-refractivity contribution in [3.8, 4) is 0 Å². The summed E-state index contributed by atoms with van der Waals surface area (Å²) in [6, 6.07) is 1.37. The van der Waals surface area contributed by atoms with Crippen molar-refractivity contribution in [3.63, 3.8) is 0 Å². The lowest BCUT2D eigenvalue weighted by Gasteiger charge is -2.16. The van der Waals surface area contributed by atoms with Crippen LogP contribution in [0.4, 0.5) is 11.8 Å². The Morgan fingerprint density at radius 2 is 1.32 bits per heavy atom. The summed E-state index contributed by atoms with van der Waals surface area (Å²) in [6.07, 6.45) is -6.94. The molecule has 0 amide bonds. The van der Waals surface area contributed by atoms with Gasteiger partial charge in [0.05, 0.1) is 13.2 Å². The van der Waals surface area contributed by atoms with Gasteiger partial charge in [0, 0.05) is 6.20 Å². The molecule has 0 aliphatic carbocycles. The Balaban J connectivity index is 0.000000191. The fourth-order valence-corrected chi connectivity index (χ4v) is 3.37. The largest absolute Gasteiger partial charge is 0.394 e. The molecule has 0 radical (unpaired) electrons. The third kappa shape index (κ3) is 5.05. The predicted octanol–water partition coefficient (Wildman–Crippen LogP) is -5.73. The van der Waals surface area contributed by atoms with E-state index in [1.807, 2.05) is 0 Å². The van der Waals surface area contributed by atoms with E-state index in [0.29, 0.717) is 0 Å². The maximum Gasteiger partial charge on any atom is 0.354 e. The van der Waals surface area contributed by atoms with Gasteiger partial charge in [0.2, 0.25) is 5.95 Å². The molecule has 8 atom stereocenters. The number of anilines is 2. The summed E-state index contributed by atoms with van der Waals surface area (Å²) in [4.78, 5) is 33.4. The summed E-state index contributed by atoms with van der Waals surface area (Å²) in [7, 11) is 0. The highest BCUT2D eigenvalue weighted by molar-refractivity contribution is 5.23. The number of ether oxygens (including phenoxy) is 2. The van der Waals surface area contributed by atoms with Crippen LogP contribution in [0.1, 0.15) is 12.5 Å². The fraction of sp³-hybridized carbons (Fsp3) is 0.588. The Kier molecular flexibility index (Phi) is 7.89. The van der Waals surface area contributed by atoms with E-state index in [9.17, 15) is 30.0 Å². The number of aliphatic hydroxyl groups excluding tert-OH is 6. The number of hydrogen-bond donors (Lipinski definition) is 8. The van der Waals surface area contributed by atoms with Crippen LogP contribution in [-0.2, 0) is 9.47 Å². The molecular formula is C17H25N7O10. The van der Waals surface area contributed by atoms with Crippen LogP contribution in [0, 0.1) is 0 Å². The van der Waals surface area contributed by atoms with E-state index in [2.05, 4.69) is 15.0 Å². The summed E-state index contributed by atoms with van der Waals surface area (Å²) in [5.74, 6) is -0.143. The van der Waals surface area contributed by atoms with E-state index in [-0.39, 0.29) is 11.8 Å². The standard InChI is InChI=1S/C9H13N3O5.C8H12N4O5/c10-5-1-2-12(9(16)11-5)8-7(15)6(14)4(3-13)17-8;9-7-10-2-12(8(16)11-7)6-5(15)4(14)3(1-13)17-6/h1-2,4,6-8,13-15H,3H2,(H2,10,11,16);2-6,13-15H,1H2,(H2,9,11,16)/t4-,6?,7-,8?;3-,4?,5-,6?/m11/s1. The number of aliphatic hydroxyl groups is 6. The minimum Gasteiger partial charge on any atom is -0.394 e. The van der Waals surface area contributed by atoms with Gasteiger partial charge >= 0.3 is 11.4 Å². The third-order valence-corrected chi connectivity index (χ3v) is 5.18. The molecule has 2 aromatic heterocycles. The van der Waals surface area contributed by atoms with Gasteiger partial charge < -0.3 is 51.6 Å². The van der Waals surface area contributed by atoms with Crippen molar-refractivity contribution in [2.24, 2.45) is 0 Å². The molecular weight excluding hydrogens is 462 g/mol. The molecule has 17 nitrogen and oxygen atoms in total. The molecule has 2 saturated heterocycles. The zero-order valence-electron chi connectivity index (χ0n) is 17.5. The maximum atomic E-state index is 11.5. The summed E-state index contributed by atoms with van der Waals surface area (Å²) in [5, 5.41) is 56.2. The number of nitrogens with two attached hydrogens (primary N) is 2. The van der Waals surface area contributed by atoms with Crippen molar-refractivity contribution in [3.05, 3.63) is 39.6 Å². The van der Waals surface area contributed by atoms with Crippen molar-refractivity contribution in [1.82, 2.24) is 24.1 Å². The van der Waals surface area contributed by atoms with Crippen molar-refractivity contribution in [2.45, 2.75) is 49.1 Å². The molecule has 17 heteroatoms. The first-order chi connectivity index (χ1) is 16.1. The van der Waals surface area contributed by atoms with E-state index < -0.39 is 73.7 Å². The molecule has 2 aliphatic heterocycles. The average molecular weight is 487 g/mol. The Morgan fingerprint density at radius 3 is 1.76 bits per heavy atom. The van der Waals surface area contributed by atoms with Crippen molar-refractivity contribution in [1.29, 1.82) is 0 Å². The van der Waals surface area contributed by atoms with E-state index in [0.717, 1.165) is 15.5 Å². The van der Waals surface area contributed by atoms with Crippen LogP contribution in [0.15, 0.2) is 28.2 Å². The fourth-order valence-electron chi connectivity index (χ4n) is 3.37. The minimum atomic E-state index is -1.35. The zero-order valence-corrected chi connectivity index (χ0v) is 17.5. The molecule has 2 fully saturated rings. The molecule has 0 bridgehead atoms. The van der Waals surface area contributed by atoms with Gasteiger partial charge in [-0.2, -0.15) is 9.97 Å². The van der Waals surface area contributed by atoms with Crippen molar-refractivity contribution in [2.75, 3.05) is 24.7 Å². The zero-order chi connectivity index (χ0) is 25.2. The van der Waals surface area contributed by atoms with Crippen LogP contribution in [0.5, 0.6) is 0 Å². The molecule has 4 unspecified atom stereocenters. The Hall–Kier alpha value is -3.03. The highest BCUT2D eigenvalue weighted by Crippen LogP contribution is 2.28. The molecule has 4 rings (SSSR count). The number of hydrogen-bond acceptors (Lipinski definition) is 15. The third-order valence-electron chi connectivity index (χ3n) is 5.18. The first-order valence-electron chi connectivity index (χ1n) is 9.89. The lowest BCUT2D eigenvalue weighted by molar-refractivity contribution is -0.0554. The second-order valence-electron chi connectivity index (χ2n) is 7.40. The van der Waals surface area contributed by atoms with Crippen molar-refractivity contribution >= 4 is 11.8 Å². The highest BCUT2D eigenvalue weighted by atomic mass is 16.6. The molecule has 4 heterocycles. The van der Waals surface area contributed by atoms with Crippen LogP contribution < -0.4 is 22.8 Å². The average Bonchev–Trinajstić information content (AvgIpc) is 3.24. The molecule has 34 heavy (non-hydrogen) atoms. The van der Waals surface area contributed by atoms with Gasteiger partial charge in [0.15, 0.2) is 12.5 Å². The second kappa shape index (κ2) is 10.5. The number of nitrogen functional groups attached to an aromatic ring is 2. The minimum absolute atomic E-state index is 0.0537. The lowest BCUT2D eigenvalue weighted by atomic mass is 10.1. The van der Waals surface area contributed by atoms with Gasteiger partial charge in [-0.15, -0.1) is 0 Å². The SMILES string of the molecule is Nc1ccn(C2O[C@H](CO)C(O)[C@H]2O)c(=O)n1.Nc1ncn(C2O[C@H](CO)C(O)[C@H]2O)c(=O)n1. The predicted molar refractivity (Wildman–Crippen MR) is 110 cm³/mol. The van der Waals surface area contributed by atoms with Gasteiger partial charge in [0.25, 0.3) is 0 Å². The van der Waals surface area contributed by atoms with E-state index >= 15 is 0 Å². The van der Waals surface area contributed by atoms with Gasteiger partial charge in [-0.1, -0.05) is 0 Å². The van der Waals surface area contributed by atoms with E-state index in [1.54, 1.807) is 0 Å². The molecule has 188 valence electrons. The monoisotopic (exact) mass is 487 g/mol. The summed E-state index contributed by atoms with van der Waals surface area (Å²) in [5.41, 5.74) is 9.09. The number of rotatable bonds is 4. The van der Waals surface area contributed by atoms with Crippen molar-refractivity contribution < 1.29 is 40.1 Å². The first kappa shape index (κ1) is 25.6. The van der Waals surface area contributed by atoms with Gasteiger partial charge in [-0.3, -0.25) is 9.13 Å². The molecule has 0 aromatic carbocycles. The highest BCUT2D eigenvalue weighted by Gasteiger charge is 2.44. The van der Waals surface area contributed by atoms with Crippen LogP contribution in [0.25, 0.3) is 0 Å². The maximum absolute atomic E-state index is 11.5. The molecule has 0 saturated carbocycles. The normalized spacial score (nSPS) is 32.9. The topological polar surface area (TPSA) is 275 Å². The molecule has 2 aliphatic rings.